The van der Waals surface area contributed by atoms with Crippen LogP contribution in [0.1, 0.15) is 42.8 Å². The second-order valence-electron chi connectivity index (χ2n) is 8.49. The van der Waals surface area contributed by atoms with Crippen molar-refractivity contribution in [2.75, 3.05) is 4.90 Å². The summed E-state index contributed by atoms with van der Waals surface area (Å²) in [6.45, 7) is 6.06. The van der Waals surface area contributed by atoms with Crippen LogP contribution in [0.15, 0.2) is 96.1 Å². The summed E-state index contributed by atoms with van der Waals surface area (Å²) in [5.74, 6) is 0. The molecule has 4 aromatic carbocycles. The zero-order valence-corrected chi connectivity index (χ0v) is 20.7. The molecule has 1 aromatic heterocycles. The summed E-state index contributed by atoms with van der Waals surface area (Å²) in [5.41, 5.74) is 0.0145. The fraction of sp³-hybridized carbons (Fsp3) is 0.133. The fourth-order valence-corrected chi connectivity index (χ4v) is 4.50. The van der Waals surface area contributed by atoms with E-state index in [1.54, 1.807) is 12.1 Å². The number of anilines is 3. The number of hydrogen-bond donors (Lipinski definition) is 0. The highest BCUT2D eigenvalue weighted by molar-refractivity contribution is 7.17. The van der Waals surface area contributed by atoms with Gasteiger partial charge in [0.05, 0.1) is 37.9 Å². The lowest BCUT2D eigenvalue weighted by molar-refractivity contribution is 0.590. The average molecular weight is 515 g/mol. The van der Waals surface area contributed by atoms with Crippen molar-refractivity contribution in [3.05, 3.63) is 112 Å². The van der Waals surface area contributed by atoms with Gasteiger partial charge in [0, 0.05) is 21.1 Å². The molecule has 0 atom stereocenters. The maximum absolute atomic E-state index is 9.30. The smallest absolute Gasteiger partial charge is 0.0832 e. The molecule has 4 heteroatoms. The number of nitrogens with zero attached hydrogens (tertiary/aromatic N) is 1. The molecule has 0 aliphatic heterocycles. The summed E-state index contributed by atoms with van der Waals surface area (Å²) >= 11 is 13.8. The van der Waals surface area contributed by atoms with Gasteiger partial charge in [-0.3, -0.25) is 0 Å². The monoisotopic (exact) mass is 513 g/mol. The van der Waals surface area contributed by atoms with E-state index in [4.69, 9.17) is 38.3 Å². The topological polar surface area (TPSA) is 3.24 Å². The highest BCUT2D eigenvalue weighted by atomic mass is 35.5. The molecule has 0 bridgehead atoms. The van der Waals surface area contributed by atoms with E-state index in [9.17, 15) is 1.37 Å². The summed E-state index contributed by atoms with van der Waals surface area (Å²) in [7, 11) is 0. The minimum Gasteiger partial charge on any atom is -0.307 e. The zero-order valence-electron chi connectivity index (χ0n) is 30.4. The summed E-state index contributed by atoms with van der Waals surface area (Å²) in [6, 6.07) is 0.789. The number of thiophene rings is 1. The van der Waals surface area contributed by atoms with Gasteiger partial charge in [-0.25, -0.2) is 0 Å². The Morgan fingerprint density at radius 3 is 2.24 bits per heavy atom. The van der Waals surface area contributed by atoms with Crippen molar-refractivity contribution >= 4 is 61.7 Å². The van der Waals surface area contributed by atoms with Gasteiger partial charge in [0.15, 0.2) is 0 Å². The minimum atomic E-state index is -0.674. The summed E-state index contributed by atoms with van der Waals surface area (Å²) in [4.78, 5) is 1.36. The molecule has 5 rings (SSSR count). The van der Waals surface area contributed by atoms with Gasteiger partial charge < -0.3 is 4.90 Å². The van der Waals surface area contributed by atoms with Crippen LogP contribution in [0.3, 0.4) is 0 Å². The molecule has 0 aliphatic rings. The molecule has 0 fully saturated rings. The Labute approximate surface area is 232 Å². The first-order valence-corrected chi connectivity index (χ1v) is 11.9. The maximum atomic E-state index is 9.30. The highest BCUT2D eigenvalue weighted by Crippen LogP contribution is 2.46. The second-order valence-corrected chi connectivity index (χ2v) is 10.1. The first-order chi connectivity index (χ1) is 21.3. The lowest BCUT2D eigenvalue weighted by Crippen LogP contribution is -2.13. The van der Waals surface area contributed by atoms with Crippen molar-refractivity contribution in [1.82, 2.24) is 0 Å². The number of fused-ring (bicyclic) bond motifs is 1. The first kappa shape index (κ1) is 12.8. The Morgan fingerprint density at radius 1 is 0.794 bits per heavy atom. The first-order valence-electron chi connectivity index (χ1n) is 16.3. The second kappa shape index (κ2) is 9.11. The number of benzene rings is 4. The van der Waals surface area contributed by atoms with Crippen LogP contribution in [0.5, 0.6) is 0 Å². The molecule has 0 saturated heterocycles. The van der Waals surface area contributed by atoms with Crippen LogP contribution in [0.4, 0.5) is 17.1 Å². The van der Waals surface area contributed by atoms with Crippen molar-refractivity contribution in [1.29, 1.82) is 0 Å². The molecule has 1 heterocycles. The van der Waals surface area contributed by atoms with E-state index in [-0.39, 0.29) is 42.3 Å². The van der Waals surface area contributed by atoms with Crippen LogP contribution in [-0.4, -0.2) is 0 Å². The third-order valence-corrected chi connectivity index (χ3v) is 6.76. The molecular weight excluding hydrogens is 477 g/mol. The van der Waals surface area contributed by atoms with Gasteiger partial charge >= 0.3 is 0 Å². The molecule has 34 heavy (non-hydrogen) atoms. The van der Waals surface area contributed by atoms with E-state index >= 15 is 0 Å². The van der Waals surface area contributed by atoms with E-state index in [0.29, 0.717) is 5.69 Å². The molecule has 0 amide bonds. The molecular formula is C30H25Cl2NS. The zero-order chi connectivity index (χ0) is 34.3. The molecule has 0 aliphatic carbocycles. The van der Waals surface area contributed by atoms with Crippen molar-refractivity contribution in [3.63, 3.8) is 0 Å². The summed E-state index contributed by atoms with van der Waals surface area (Å²) in [6.07, 6.45) is 0. The van der Waals surface area contributed by atoms with Crippen LogP contribution in [0.25, 0.3) is 21.2 Å². The lowest BCUT2D eigenvalue weighted by atomic mass is 9.87. The Balaban J connectivity index is 1.98. The normalized spacial score (nSPS) is 16.6. The number of rotatable bonds is 4. The van der Waals surface area contributed by atoms with E-state index in [0.717, 1.165) is 16.9 Å². The Hall–Kier alpha value is -2.78. The number of hydrogen-bond acceptors (Lipinski definition) is 2. The molecule has 170 valence electrons. The Kier molecular flexibility index (Phi) is 3.43. The Morgan fingerprint density at radius 2 is 1.53 bits per heavy atom. The predicted octanol–water partition coefficient (Wildman–Crippen LogP) is 10.6. The molecule has 5 aromatic rings. The van der Waals surface area contributed by atoms with Crippen LogP contribution in [0.2, 0.25) is 10.0 Å². The predicted molar refractivity (Wildman–Crippen MR) is 151 cm³/mol. The number of halogens is 2. The third kappa shape index (κ3) is 4.34. The maximum Gasteiger partial charge on any atom is 0.0832 e. The molecule has 0 unspecified atom stereocenters. The van der Waals surface area contributed by atoms with E-state index in [1.807, 2.05) is 32.9 Å². The minimum absolute atomic E-state index is 0.0411. The van der Waals surface area contributed by atoms with E-state index in [1.165, 1.54) is 4.90 Å². The quantitative estimate of drug-likeness (QED) is 0.231. The third-order valence-electron chi connectivity index (χ3n) is 5.21. The Bertz CT molecular complexity index is 2030. The highest BCUT2D eigenvalue weighted by Gasteiger charge is 2.21. The molecule has 1 nitrogen and oxygen atoms in total. The van der Waals surface area contributed by atoms with Gasteiger partial charge in [-0.05, 0) is 58.4 Å². The van der Waals surface area contributed by atoms with E-state index in [2.05, 4.69) is 0 Å². The van der Waals surface area contributed by atoms with Crippen molar-refractivity contribution in [2.24, 2.45) is 0 Å². The molecule has 0 saturated carbocycles. The molecule has 0 radical (unpaired) electrons. The lowest BCUT2D eigenvalue weighted by Gasteiger charge is -2.27. The van der Waals surface area contributed by atoms with Crippen molar-refractivity contribution in [2.45, 2.75) is 26.2 Å². The SMILES string of the molecule is [2H]c1sc2c([2H])c([2H])c(-c3c([2H])c([2H])c([2H])c([2H])c3[2H])c([2H])c2c1N(c1ccc(C(C)(C)C)cc1)c1c([2H])c([2H])c([2H])c(Cl)c1Cl. The van der Waals surface area contributed by atoms with Gasteiger partial charge in [0.1, 0.15) is 0 Å². The van der Waals surface area contributed by atoms with Crippen molar-refractivity contribution in [3.8, 4) is 11.1 Å². The van der Waals surface area contributed by atoms with Crippen LogP contribution < -0.4 is 4.90 Å². The van der Waals surface area contributed by atoms with E-state index < -0.39 is 77.6 Å². The average Bonchev–Trinajstić information content (AvgIpc) is 3.36. The van der Waals surface area contributed by atoms with Crippen LogP contribution >= 0.6 is 34.5 Å². The van der Waals surface area contributed by atoms with Crippen LogP contribution in [0, 0.1) is 0 Å². The standard InChI is InChI=1S/C30H25Cl2NS/c1-30(2,3)22-13-15-23(16-14-22)33(26-11-7-10-25(31)29(26)32)27-19-34-28-17-12-21(18-24(27)28)20-8-5-4-6-9-20/h4-19H,1-3H3/i4D,5D,6D,7D,8D,9D,10D,11D,12D,17D,18D,19D. The molecule has 0 N–H and O–H groups in total. The fourth-order valence-electron chi connectivity index (χ4n) is 3.44. The van der Waals surface area contributed by atoms with Gasteiger partial charge in [0.25, 0.3) is 0 Å². The van der Waals surface area contributed by atoms with Gasteiger partial charge in [-0.1, -0.05) is 98.4 Å². The van der Waals surface area contributed by atoms with Gasteiger partial charge in [-0.15, -0.1) is 11.3 Å². The molecule has 0 spiro atoms. The summed E-state index contributed by atoms with van der Waals surface area (Å²) < 4.78 is 103. The van der Waals surface area contributed by atoms with Crippen molar-refractivity contribution < 1.29 is 16.4 Å². The van der Waals surface area contributed by atoms with Gasteiger partial charge in [0.2, 0.25) is 0 Å². The van der Waals surface area contributed by atoms with Crippen LogP contribution in [-0.2, 0) is 5.41 Å². The van der Waals surface area contributed by atoms with Gasteiger partial charge in [-0.2, -0.15) is 0 Å². The largest absolute Gasteiger partial charge is 0.307 e. The summed E-state index contributed by atoms with van der Waals surface area (Å²) in [5, 5.41) is -0.833.